The van der Waals surface area contributed by atoms with E-state index in [1.165, 1.54) is 41.6 Å². The Morgan fingerprint density at radius 2 is 0.914 bits per heavy atom. The lowest BCUT2D eigenvalue weighted by atomic mass is 10.2. The summed E-state index contributed by atoms with van der Waals surface area (Å²) in [6.45, 7) is 2.26. The highest BCUT2D eigenvalue weighted by molar-refractivity contribution is 7.95. The van der Waals surface area contributed by atoms with Gasteiger partial charge in [-0.15, -0.1) is 0 Å². The second kappa shape index (κ2) is 17.5. The predicted molar refractivity (Wildman–Crippen MR) is 155 cm³/mol. The molecular formula is C33H40IP. The van der Waals surface area contributed by atoms with E-state index in [0.717, 1.165) is 25.4 Å². The smallest absolute Gasteiger partial charge is 0.112 e. The van der Waals surface area contributed by atoms with Crippen LogP contribution in [0.5, 0.6) is 0 Å². The number of halogens is 1. The van der Waals surface area contributed by atoms with Crippen LogP contribution in [0.25, 0.3) is 0 Å². The average molecular weight is 595 g/mol. The molecule has 184 valence electrons. The molecule has 0 aliphatic heterocycles. The van der Waals surface area contributed by atoms with Crippen molar-refractivity contribution < 1.29 is 24.0 Å². The summed E-state index contributed by atoms with van der Waals surface area (Å²) in [6.07, 6.45) is 23.4. The topological polar surface area (TPSA) is 0 Å². The Kier molecular flexibility index (Phi) is 14.6. The van der Waals surface area contributed by atoms with Gasteiger partial charge in [0.25, 0.3) is 0 Å². The number of allylic oxidation sites excluding steroid dienone is 6. The first-order valence-corrected chi connectivity index (χ1v) is 14.8. The fourth-order valence-corrected chi connectivity index (χ4v) is 8.69. The number of hydrogen-bond acceptors (Lipinski definition) is 0. The fraction of sp³-hybridized carbons (Fsp3) is 0.273. The van der Waals surface area contributed by atoms with E-state index in [-0.39, 0.29) is 24.0 Å². The molecule has 0 aliphatic carbocycles. The lowest BCUT2D eigenvalue weighted by molar-refractivity contribution is -0.00000679. The molecule has 3 aromatic rings. The van der Waals surface area contributed by atoms with Gasteiger partial charge in [-0.05, 0) is 62.1 Å². The van der Waals surface area contributed by atoms with Gasteiger partial charge in [-0.2, -0.15) is 0 Å². The highest BCUT2D eigenvalue weighted by Gasteiger charge is 2.44. The number of benzene rings is 3. The average Bonchev–Trinajstić information content (AvgIpc) is 2.91. The molecule has 0 spiro atoms. The molecule has 0 aromatic heterocycles. The maximum Gasteiger partial charge on any atom is 0.112 e. The summed E-state index contributed by atoms with van der Waals surface area (Å²) >= 11 is 0. The molecule has 0 fully saturated rings. The van der Waals surface area contributed by atoms with Crippen molar-refractivity contribution >= 4 is 23.2 Å². The summed E-state index contributed by atoms with van der Waals surface area (Å²) in [4.78, 5) is 0. The molecule has 0 radical (unpaired) electrons. The van der Waals surface area contributed by atoms with E-state index in [1.807, 2.05) is 0 Å². The first kappa shape index (κ1) is 29.3. The van der Waals surface area contributed by atoms with Crippen molar-refractivity contribution in [1.29, 1.82) is 0 Å². The van der Waals surface area contributed by atoms with Gasteiger partial charge < -0.3 is 24.0 Å². The first-order chi connectivity index (χ1) is 16.9. The lowest BCUT2D eigenvalue weighted by Crippen LogP contribution is -3.00. The molecule has 0 N–H and O–H groups in total. The van der Waals surface area contributed by atoms with Crippen molar-refractivity contribution in [2.24, 2.45) is 0 Å². The lowest BCUT2D eigenvalue weighted by Gasteiger charge is -2.27. The van der Waals surface area contributed by atoms with Gasteiger partial charge in [0.05, 0.1) is 6.16 Å². The summed E-state index contributed by atoms with van der Waals surface area (Å²) in [5.74, 6) is 0. The van der Waals surface area contributed by atoms with Gasteiger partial charge in [0.1, 0.15) is 23.2 Å². The predicted octanol–water partition coefficient (Wildman–Crippen LogP) is 5.40. The Morgan fingerprint density at radius 3 is 1.34 bits per heavy atom. The molecule has 0 amide bonds. The first-order valence-electron chi connectivity index (χ1n) is 12.9. The molecular weight excluding hydrogens is 554 g/mol. The number of unbranched alkanes of at least 4 members (excludes halogenated alkanes) is 3. The van der Waals surface area contributed by atoms with Crippen LogP contribution in [0.2, 0.25) is 0 Å². The van der Waals surface area contributed by atoms with Crippen molar-refractivity contribution in [3.63, 3.8) is 0 Å². The molecule has 0 saturated heterocycles. The minimum Gasteiger partial charge on any atom is -1.00 e. The Hall–Kier alpha value is -1.96. The molecule has 35 heavy (non-hydrogen) atoms. The minimum absolute atomic E-state index is 0. The zero-order valence-corrected chi connectivity index (χ0v) is 24.2. The standard InChI is InChI=1S/C33H40P.HI/c1-2-3-4-5-6-7-8-9-10-11-12-13-23-30-34(31-24-17-14-18-25-31,32-26-19-15-20-27-32)33-28-21-16-22-29-33;/h6-7,9-10,12-22,24-29H,2-5,8,11,23,30H2,1H3;1H/q+1;/p-1/b7-6-,10-9-,13-12-;. The quantitative estimate of drug-likeness (QED) is 0.102. The summed E-state index contributed by atoms with van der Waals surface area (Å²) < 4.78 is 0. The van der Waals surface area contributed by atoms with Crippen LogP contribution in [0.1, 0.15) is 51.9 Å². The molecule has 0 bridgehead atoms. The van der Waals surface area contributed by atoms with Crippen molar-refractivity contribution in [1.82, 2.24) is 0 Å². The fourth-order valence-electron chi connectivity index (χ4n) is 4.44. The van der Waals surface area contributed by atoms with Crippen LogP contribution in [0.4, 0.5) is 0 Å². The van der Waals surface area contributed by atoms with Crippen LogP contribution >= 0.6 is 7.26 Å². The molecule has 2 heteroatoms. The van der Waals surface area contributed by atoms with E-state index in [0.29, 0.717) is 0 Å². The highest BCUT2D eigenvalue weighted by Crippen LogP contribution is 2.55. The van der Waals surface area contributed by atoms with Crippen LogP contribution < -0.4 is 39.9 Å². The largest absolute Gasteiger partial charge is 1.00 e. The second-order valence-electron chi connectivity index (χ2n) is 8.71. The third kappa shape index (κ3) is 9.21. The highest BCUT2D eigenvalue weighted by atomic mass is 127. The van der Waals surface area contributed by atoms with E-state index < -0.39 is 7.26 Å². The van der Waals surface area contributed by atoms with Gasteiger partial charge in [0.2, 0.25) is 0 Å². The van der Waals surface area contributed by atoms with Crippen molar-refractivity contribution in [2.75, 3.05) is 6.16 Å². The third-order valence-corrected chi connectivity index (χ3v) is 10.7. The zero-order chi connectivity index (χ0) is 23.7. The Morgan fingerprint density at radius 1 is 0.514 bits per heavy atom. The second-order valence-corrected chi connectivity index (χ2v) is 12.3. The van der Waals surface area contributed by atoms with Crippen molar-refractivity contribution in [3.05, 3.63) is 127 Å². The SMILES string of the molecule is CCCCC/C=C\C/C=C\C/C=C\CC[P+](c1ccccc1)(c1ccccc1)c1ccccc1.[I-]. The molecule has 0 saturated carbocycles. The number of rotatable bonds is 14. The van der Waals surface area contributed by atoms with E-state index in [9.17, 15) is 0 Å². The van der Waals surface area contributed by atoms with Crippen LogP contribution in [-0.2, 0) is 0 Å². The Bertz CT molecular complexity index is 910. The molecule has 0 atom stereocenters. The molecule has 0 unspecified atom stereocenters. The maximum absolute atomic E-state index is 2.38. The molecule has 3 aromatic carbocycles. The Balaban J connectivity index is 0.00000432. The summed E-state index contributed by atoms with van der Waals surface area (Å²) in [7, 11) is -1.71. The van der Waals surface area contributed by atoms with Crippen LogP contribution in [0.15, 0.2) is 127 Å². The van der Waals surface area contributed by atoms with Crippen LogP contribution in [-0.4, -0.2) is 6.16 Å². The summed E-state index contributed by atoms with van der Waals surface area (Å²) in [5, 5.41) is 4.39. The summed E-state index contributed by atoms with van der Waals surface area (Å²) in [5.41, 5.74) is 0. The van der Waals surface area contributed by atoms with Gasteiger partial charge in [0, 0.05) is 6.42 Å². The normalized spacial score (nSPS) is 11.9. The van der Waals surface area contributed by atoms with Gasteiger partial charge in [-0.3, -0.25) is 0 Å². The zero-order valence-electron chi connectivity index (χ0n) is 21.1. The molecule has 0 nitrogen and oxygen atoms in total. The van der Waals surface area contributed by atoms with Gasteiger partial charge in [-0.25, -0.2) is 0 Å². The third-order valence-electron chi connectivity index (χ3n) is 6.24. The van der Waals surface area contributed by atoms with Crippen LogP contribution in [0, 0.1) is 0 Å². The Labute approximate surface area is 231 Å². The summed E-state index contributed by atoms with van der Waals surface area (Å²) in [6, 6.07) is 33.5. The van der Waals surface area contributed by atoms with E-state index in [4.69, 9.17) is 0 Å². The number of hydrogen-bond donors (Lipinski definition) is 0. The van der Waals surface area contributed by atoms with E-state index >= 15 is 0 Å². The van der Waals surface area contributed by atoms with Gasteiger partial charge in [-0.1, -0.05) is 111 Å². The maximum atomic E-state index is 2.38. The van der Waals surface area contributed by atoms with E-state index in [1.54, 1.807) is 0 Å². The van der Waals surface area contributed by atoms with Gasteiger partial charge >= 0.3 is 0 Å². The molecule has 0 heterocycles. The van der Waals surface area contributed by atoms with Crippen molar-refractivity contribution in [3.8, 4) is 0 Å². The minimum atomic E-state index is -1.71. The van der Waals surface area contributed by atoms with Crippen molar-refractivity contribution in [2.45, 2.75) is 51.9 Å². The van der Waals surface area contributed by atoms with Crippen LogP contribution in [0.3, 0.4) is 0 Å². The molecule has 0 aliphatic rings. The monoisotopic (exact) mass is 594 g/mol. The molecule has 3 rings (SSSR count). The van der Waals surface area contributed by atoms with E-state index in [2.05, 4.69) is 134 Å². The van der Waals surface area contributed by atoms with Gasteiger partial charge in [0.15, 0.2) is 0 Å².